The SMILES string of the molecule is NCCn1ncc2c(=O)n(Cc3cccc([N+](=O)[O-])c3)cnc21. The van der Waals surface area contributed by atoms with Crippen molar-refractivity contribution < 1.29 is 4.92 Å². The van der Waals surface area contributed by atoms with Crippen LogP contribution in [-0.4, -0.2) is 30.8 Å². The molecule has 118 valence electrons. The van der Waals surface area contributed by atoms with E-state index in [-0.39, 0.29) is 17.8 Å². The van der Waals surface area contributed by atoms with Crippen molar-refractivity contribution in [2.24, 2.45) is 5.73 Å². The van der Waals surface area contributed by atoms with Gasteiger partial charge in [-0.2, -0.15) is 5.10 Å². The second-order valence-electron chi connectivity index (χ2n) is 5.00. The fourth-order valence-electron chi connectivity index (χ4n) is 2.36. The molecule has 0 bridgehead atoms. The van der Waals surface area contributed by atoms with Gasteiger partial charge < -0.3 is 5.73 Å². The number of non-ortho nitro benzene ring substituents is 1. The predicted molar refractivity (Wildman–Crippen MR) is 83.0 cm³/mol. The number of nitrogens with zero attached hydrogens (tertiary/aromatic N) is 5. The molecule has 2 N–H and O–H groups in total. The van der Waals surface area contributed by atoms with Crippen LogP contribution in [0.1, 0.15) is 5.56 Å². The molecular weight excluding hydrogens is 300 g/mol. The standard InChI is InChI=1S/C14H14N6O3/c15-4-5-19-13-12(7-17-19)14(21)18(9-16-13)8-10-2-1-3-11(6-10)20(22)23/h1-3,6-7,9H,4-5,8,15H2. The Morgan fingerprint density at radius 2 is 2.17 bits per heavy atom. The van der Waals surface area contributed by atoms with Crippen LogP contribution >= 0.6 is 0 Å². The minimum absolute atomic E-state index is 0.0136. The third-order valence-electron chi connectivity index (χ3n) is 3.44. The number of nitro groups is 1. The summed E-state index contributed by atoms with van der Waals surface area (Å²) in [5.74, 6) is 0. The van der Waals surface area contributed by atoms with Gasteiger partial charge in [-0.3, -0.25) is 19.5 Å². The van der Waals surface area contributed by atoms with E-state index in [0.29, 0.717) is 29.7 Å². The van der Waals surface area contributed by atoms with Crippen LogP contribution in [0, 0.1) is 10.1 Å². The van der Waals surface area contributed by atoms with E-state index < -0.39 is 4.92 Å². The molecule has 9 nitrogen and oxygen atoms in total. The van der Waals surface area contributed by atoms with Crippen molar-refractivity contribution in [1.82, 2.24) is 19.3 Å². The number of nitro benzene ring substituents is 1. The molecule has 2 heterocycles. The summed E-state index contributed by atoms with van der Waals surface area (Å²) in [4.78, 5) is 27.1. The summed E-state index contributed by atoms with van der Waals surface area (Å²) in [5.41, 5.74) is 6.37. The monoisotopic (exact) mass is 314 g/mol. The van der Waals surface area contributed by atoms with Crippen LogP contribution in [0.3, 0.4) is 0 Å². The Morgan fingerprint density at radius 1 is 1.35 bits per heavy atom. The lowest BCUT2D eigenvalue weighted by Crippen LogP contribution is -2.21. The van der Waals surface area contributed by atoms with Gasteiger partial charge in [0.05, 0.1) is 24.2 Å². The first-order valence-electron chi connectivity index (χ1n) is 6.94. The van der Waals surface area contributed by atoms with Gasteiger partial charge in [-0.25, -0.2) is 9.67 Å². The van der Waals surface area contributed by atoms with Gasteiger partial charge in [-0.15, -0.1) is 0 Å². The lowest BCUT2D eigenvalue weighted by molar-refractivity contribution is -0.384. The molecule has 0 aliphatic rings. The molecule has 2 aromatic heterocycles. The van der Waals surface area contributed by atoms with Gasteiger partial charge in [-0.1, -0.05) is 12.1 Å². The third kappa shape index (κ3) is 2.81. The molecule has 0 radical (unpaired) electrons. The largest absolute Gasteiger partial charge is 0.329 e. The van der Waals surface area contributed by atoms with Gasteiger partial charge in [-0.05, 0) is 5.56 Å². The lowest BCUT2D eigenvalue weighted by Gasteiger charge is -2.06. The zero-order valence-corrected chi connectivity index (χ0v) is 12.1. The molecule has 0 aliphatic carbocycles. The van der Waals surface area contributed by atoms with Crippen LogP contribution in [0.2, 0.25) is 0 Å². The number of hydrogen-bond donors (Lipinski definition) is 1. The summed E-state index contributed by atoms with van der Waals surface area (Å²) < 4.78 is 2.98. The van der Waals surface area contributed by atoms with Gasteiger partial charge in [0.1, 0.15) is 11.7 Å². The van der Waals surface area contributed by atoms with Crippen LogP contribution < -0.4 is 11.3 Å². The van der Waals surface area contributed by atoms with E-state index in [0.717, 1.165) is 0 Å². The molecule has 9 heteroatoms. The summed E-state index contributed by atoms with van der Waals surface area (Å²) in [5, 5.41) is 15.3. The van der Waals surface area contributed by atoms with E-state index in [1.165, 1.54) is 29.2 Å². The number of benzene rings is 1. The molecule has 3 aromatic rings. The van der Waals surface area contributed by atoms with E-state index in [2.05, 4.69) is 10.1 Å². The fourth-order valence-corrected chi connectivity index (χ4v) is 2.36. The second kappa shape index (κ2) is 5.97. The van der Waals surface area contributed by atoms with E-state index in [1.807, 2.05) is 0 Å². The Labute approximate surface area is 130 Å². The van der Waals surface area contributed by atoms with Crippen LogP contribution in [0.4, 0.5) is 5.69 Å². The normalized spacial score (nSPS) is 11.0. The molecule has 0 unspecified atom stereocenters. The number of nitrogens with two attached hydrogens (primary N) is 1. The van der Waals surface area contributed by atoms with Gasteiger partial charge in [0.2, 0.25) is 0 Å². The molecule has 0 fully saturated rings. The molecule has 0 spiro atoms. The van der Waals surface area contributed by atoms with E-state index in [9.17, 15) is 14.9 Å². The van der Waals surface area contributed by atoms with Gasteiger partial charge in [0.15, 0.2) is 5.65 Å². The maximum Gasteiger partial charge on any atom is 0.269 e. The second-order valence-corrected chi connectivity index (χ2v) is 5.00. The highest BCUT2D eigenvalue weighted by molar-refractivity contribution is 5.72. The Hall–Kier alpha value is -3.07. The van der Waals surface area contributed by atoms with Gasteiger partial charge in [0.25, 0.3) is 11.2 Å². The molecule has 0 aliphatic heterocycles. The minimum atomic E-state index is -0.468. The number of hydrogen-bond acceptors (Lipinski definition) is 6. The Morgan fingerprint density at radius 3 is 2.91 bits per heavy atom. The highest BCUT2D eigenvalue weighted by atomic mass is 16.6. The van der Waals surface area contributed by atoms with Crippen molar-refractivity contribution in [2.75, 3.05) is 6.54 Å². The molecule has 0 atom stereocenters. The van der Waals surface area contributed by atoms with Crippen LogP contribution in [0.15, 0.2) is 41.6 Å². The summed E-state index contributed by atoms with van der Waals surface area (Å²) in [6.07, 6.45) is 2.88. The Balaban J connectivity index is 1.98. The fraction of sp³-hybridized carbons (Fsp3) is 0.214. The van der Waals surface area contributed by atoms with Crippen LogP contribution in [0.5, 0.6) is 0 Å². The molecule has 23 heavy (non-hydrogen) atoms. The summed E-state index contributed by atoms with van der Waals surface area (Å²) in [6.45, 7) is 1.07. The molecule has 0 amide bonds. The zero-order valence-electron chi connectivity index (χ0n) is 12.1. The summed E-state index contributed by atoms with van der Waals surface area (Å²) in [6, 6.07) is 6.16. The number of fused-ring (bicyclic) bond motifs is 1. The average molecular weight is 314 g/mol. The average Bonchev–Trinajstić information content (AvgIpc) is 2.95. The number of aromatic nitrogens is 4. The highest BCUT2D eigenvalue weighted by Gasteiger charge is 2.11. The van der Waals surface area contributed by atoms with Crippen LogP contribution in [-0.2, 0) is 13.1 Å². The van der Waals surface area contributed by atoms with Gasteiger partial charge in [0, 0.05) is 18.7 Å². The van der Waals surface area contributed by atoms with E-state index in [1.54, 1.807) is 16.8 Å². The van der Waals surface area contributed by atoms with Crippen molar-refractivity contribution in [1.29, 1.82) is 0 Å². The molecule has 0 saturated heterocycles. The lowest BCUT2D eigenvalue weighted by atomic mass is 10.2. The van der Waals surface area contributed by atoms with Gasteiger partial charge >= 0.3 is 0 Å². The summed E-state index contributed by atoms with van der Waals surface area (Å²) >= 11 is 0. The van der Waals surface area contributed by atoms with Crippen molar-refractivity contribution in [2.45, 2.75) is 13.1 Å². The van der Waals surface area contributed by atoms with Crippen LogP contribution in [0.25, 0.3) is 11.0 Å². The Kier molecular flexibility index (Phi) is 3.85. The molecular formula is C14H14N6O3. The van der Waals surface area contributed by atoms with Crippen molar-refractivity contribution in [3.63, 3.8) is 0 Å². The summed E-state index contributed by atoms with van der Waals surface area (Å²) in [7, 11) is 0. The van der Waals surface area contributed by atoms with Crippen molar-refractivity contribution in [3.8, 4) is 0 Å². The molecule has 0 saturated carbocycles. The first-order chi connectivity index (χ1) is 11.1. The first-order valence-corrected chi connectivity index (χ1v) is 6.94. The van der Waals surface area contributed by atoms with Crippen molar-refractivity contribution in [3.05, 3.63) is 62.8 Å². The topological polar surface area (TPSA) is 122 Å². The smallest absolute Gasteiger partial charge is 0.269 e. The van der Waals surface area contributed by atoms with E-state index in [4.69, 9.17) is 5.73 Å². The van der Waals surface area contributed by atoms with E-state index >= 15 is 0 Å². The first kappa shape index (κ1) is 14.9. The Bertz CT molecular complexity index is 930. The minimum Gasteiger partial charge on any atom is -0.329 e. The third-order valence-corrected chi connectivity index (χ3v) is 3.44. The quantitative estimate of drug-likeness (QED) is 0.541. The maximum atomic E-state index is 12.5. The zero-order chi connectivity index (χ0) is 16.4. The molecule has 3 rings (SSSR count). The number of rotatable bonds is 5. The highest BCUT2D eigenvalue weighted by Crippen LogP contribution is 2.14. The predicted octanol–water partition coefficient (Wildman–Crippen LogP) is 0.508. The maximum absolute atomic E-state index is 12.5. The van der Waals surface area contributed by atoms with Crippen molar-refractivity contribution >= 4 is 16.7 Å². The molecule has 1 aromatic carbocycles.